The fourth-order valence-electron chi connectivity index (χ4n) is 1.92. The third-order valence-electron chi connectivity index (χ3n) is 3.28. The molecule has 0 radical (unpaired) electrons. The summed E-state index contributed by atoms with van der Waals surface area (Å²) in [7, 11) is 0. The number of benzene rings is 1. The normalized spacial score (nSPS) is 12.2. The van der Waals surface area contributed by atoms with Crippen molar-refractivity contribution in [2.75, 3.05) is 0 Å². The summed E-state index contributed by atoms with van der Waals surface area (Å²) in [6.45, 7) is 9.04. The van der Waals surface area contributed by atoms with Crippen molar-refractivity contribution >= 4 is 12.3 Å². The average Bonchev–Trinajstić information content (AvgIpc) is 2.81. The molecule has 1 heterocycles. The van der Waals surface area contributed by atoms with Gasteiger partial charge in [-0.05, 0) is 24.6 Å². The van der Waals surface area contributed by atoms with E-state index in [1.165, 1.54) is 5.56 Å². The third-order valence-corrected chi connectivity index (χ3v) is 3.28. The molecule has 0 bridgehead atoms. The molecular formula is C17H23N3. The number of nitrogens with two attached hydrogens (primary N) is 1. The van der Waals surface area contributed by atoms with Crippen LogP contribution in [0.5, 0.6) is 0 Å². The molecule has 0 aliphatic rings. The van der Waals surface area contributed by atoms with Crippen LogP contribution in [0.2, 0.25) is 0 Å². The largest absolute Gasteiger partial charge is 0.325 e. The van der Waals surface area contributed by atoms with E-state index in [1.54, 1.807) is 0 Å². The lowest BCUT2D eigenvalue weighted by Crippen LogP contribution is -2.12. The molecule has 0 amide bonds. The molecule has 3 heteroatoms. The van der Waals surface area contributed by atoms with Gasteiger partial charge in [0.15, 0.2) is 0 Å². The zero-order valence-corrected chi connectivity index (χ0v) is 12.7. The zero-order chi connectivity index (χ0) is 14.8. The maximum Gasteiger partial charge on any atom is 0.0685 e. The number of aryl methyl sites for hydroxylation is 1. The fourth-order valence-corrected chi connectivity index (χ4v) is 1.92. The van der Waals surface area contributed by atoms with E-state index in [2.05, 4.69) is 69.2 Å². The quantitative estimate of drug-likeness (QED) is 0.925. The molecule has 0 saturated heterocycles. The van der Waals surface area contributed by atoms with E-state index in [1.807, 2.05) is 10.9 Å². The Morgan fingerprint density at radius 1 is 1.20 bits per heavy atom. The third kappa shape index (κ3) is 3.36. The number of hydrogen-bond acceptors (Lipinski definition) is 2. The van der Waals surface area contributed by atoms with Gasteiger partial charge < -0.3 is 5.73 Å². The van der Waals surface area contributed by atoms with Crippen molar-refractivity contribution in [3.63, 3.8) is 0 Å². The Morgan fingerprint density at radius 3 is 2.40 bits per heavy atom. The first-order valence-electron chi connectivity index (χ1n) is 6.94. The Morgan fingerprint density at radius 2 is 1.85 bits per heavy atom. The summed E-state index contributed by atoms with van der Waals surface area (Å²) in [6, 6.07) is 10.5. The van der Waals surface area contributed by atoms with Crippen molar-refractivity contribution in [2.45, 2.75) is 39.7 Å². The van der Waals surface area contributed by atoms with E-state index >= 15 is 0 Å². The lowest BCUT2D eigenvalue weighted by Gasteiger charge is -2.13. The molecule has 0 saturated carbocycles. The van der Waals surface area contributed by atoms with Crippen LogP contribution in [0, 0.1) is 6.92 Å². The van der Waals surface area contributed by atoms with Gasteiger partial charge in [0.2, 0.25) is 0 Å². The Kier molecular flexibility index (Phi) is 4.09. The van der Waals surface area contributed by atoms with Crippen LogP contribution < -0.4 is 5.73 Å². The molecule has 2 aromatic rings. The predicted octanol–water partition coefficient (Wildman–Crippen LogP) is 3.58. The second-order valence-corrected chi connectivity index (χ2v) is 6.15. The van der Waals surface area contributed by atoms with Crippen LogP contribution in [-0.2, 0) is 12.0 Å². The van der Waals surface area contributed by atoms with Crippen LogP contribution in [0.4, 0.5) is 0 Å². The van der Waals surface area contributed by atoms with Crippen LogP contribution in [0.15, 0.2) is 30.3 Å². The first-order valence-corrected chi connectivity index (χ1v) is 6.94. The van der Waals surface area contributed by atoms with Crippen molar-refractivity contribution in [1.29, 1.82) is 0 Å². The van der Waals surface area contributed by atoms with Crippen LogP contribution in [-0.4, -0.2) is 9.78 Å². The smallest absolute Gasteiger partial charge is 0.0685 e. The zero-order valence-electron chi connectivity index (χ0n) is 12.7. The van der Waals surface area contributed by atoms with Crippen molar-refractivity contribution in [3.05, 3.63) is 52.8 Å². The summed E-state index contributed by atoms with van der Waals surface area (Å²) < 4.78 is 1.88. The first-order chi connectivity index (χ1) is 9.40. The van der Waals surface area contributed by atoms with Crippen molar-refractivity contribution < 1.29 is 0 Å². The summed E-state index contributed by atoms with van der Waals surface area (Å²) in [5.74, 6) is 0. The number of aromatic nitrogens is 2. The topological polar surface area (TPSA) is 43.8 Å². The van der Waals surface area contributed by atoms with Gasteiger partial charge in [-0.25, -0.2) is 4.68 Å². The second kappa shape index (κ2) is 5.63. The lowest BCUT2D eigenvalue weighted by atomic mass is 9.92. The molecule has 0 aliphatic carbocycles. The maximum atomic E-state index is 5.80. The molecule has 2 rings (SSSR count). The van der Waals surface area contributed by atoms with Gasteiger partial charge >= 0.3 is 0 Å². The van der Waals surface area contributed by atoms with Crippen LogP contribution in [0.3, 0.4) is 0 Å². The Bertz CT molecular complexity index is 598. The highest BCUT2D eigenvalue weighted by Crippen LogP contribution is 2.22. The van der Waals surface area contributed by atoms with Gasteiger partial charge in [-0.1, -0.05) is 50.6 Å². The Balaban J connectivity index is 2.28. The van der Waals surface area contributed by atoms with E-state index < -0.39 is 0 Å². The molecule has 0 spiro atoms. The molecule has 1 aromatic heterocycles. The Labute approximate surface area is 121 Å². The molecule has 0 atom stereocenters. The average molecular weight is 269 g/mol. The molecule has 0 fully saturated rings. The standard InChI is InChI=1S/C17H23N3/c1-13-5-7-14(8-6-13)9-10-20-15(12-18)11-16(19-20)17(2,3)4/h5-11H,12,18H2,1-4H3. The first kappa shape index (κ1) is 14.5. The van der Waals surface area contributed by atoms with Gasteiger partial charge in [0.25, 0.3) is 0 Å². The molecule has 0 unspecified atom stereocenters. The highest BCUT2D eigenvalue weighted by molar-refractivity contribution is 5.60. The molecule has 106 valence electrons. The van der Waals surface area contributed by atoms with Crippen LogP contribution in [0.25, 0.3) is 12.3 Å². The highest BCUT2D eigenvalue weighted by Gasteiger charge is 2.18. The van der Waals surface area contributed by atoms with E-state index in [4.69, 9.17) is 5.73 Å². The van der Waals surface area contributed by atoms with Crippen molar-refractivity contribution in [1.82, 2.24) is 9.78 Å². The number of rotatable bonds is 3. The van der Waals surface area contributed by atoms with Crippen molar-refractivity contribution in [2.24, 2.45) is 5.73 Å². The molecule has 1 aromatic carbocycles. The summed E-state index contributed by atoms with van der Waals surface area (Å²) >= 11 is 0. The second-order valence-electron chi connectivity index (χ2n) is 6.15. The minimum absolute atomic E-state index is 0.0346. The van der Waals surface area contributed by atoms with Gasteiger partial charge in [-0.15, -0.1) is 0 Å². The summed E-state index contributed by atoms with van der Waals surface area (Å²) in [5.41, 5.74) is 10.3. The summed E-state index contributed by atoms with van der Waals surface area (Å²) in [5, 5.41) is 4.63. The van der Waals surface area contributed by atoms with E-state index in [0.717, 1.165) is 17.0 Å². The molecule has 20 heavy (non-hydrogen) atoms. The van der Waals surface area contributed by atoms with E-state index in [-0.39, 0.29) is 5.41 Å². The van der Waals surface area contributed by atoms with Gasteiger partial charge in [-0.3, -0.25) is 0 Å². The SMILES string of the molecule is Cc1ccc(C=Cn2nc(C(C)(C)C)cc2CN)cc1. The minimum Gasteiger partial charge on any atom is -0.325 e. The maximum absolute atomic E-state index is 5.80. The van der Waals surface area contributed by atoms with Crippen molar-refractivity contribution in [3.8, 4) is 0 Å². The van der Waals surface area contributed by atoms with Gasteiger partial charge in [0.1, 0.15) is 0 Å². The number of hydrogen-bond donors (Lipinski definition) is 1. The molecule has 0 aliphatic heterocycles. The summed E-state index contributed by atoms with van der Waals surface area (Å²) in [6.07, 6.45) is 4.03. The van der Waals surface area contributed by atoms with Crippen LogP contribution in [0.1, 0.15) is 43.3 Å². The van der Waals surface area contributed by atoms with E-state index in [0.29, 0.717) is 6.54 Å². The predicted molar refractivity (Wildman–Crippen MR) is 85.2 cm³/mol. The molecular weight excluding hydrogens is 246 g/mol. The molecule has 2 N–H and O–H groups in total. The monoisotopic (exact) mass is 269 g/mol. The van der Waals surface area contributed by atoms with Gasteiger partial charge in [0.05, 0.1) is 11.4 Å². The Hall–Kier alpha value is -1.87. The highest BCUT2D eigenvalue weighted by atomic mass is 15.3. The lowest BCUT2D eigenvalue weighted by molar-refractivity contribution is 0.562. The fraction of sp³-hybridized carbons (Fsp3) is 0.353. The number of nitrogens with zero attached hydrogens (tertiary/aromatic N) is 2. The minimum atomic E-state index is 0.0346. The summed E-state index contributed by atoms with van der Waals surface area (Å²) in [4.78, 5) is 0. The van der Waals surface area contributed by atoms with Gasteiger partial charge in [-0.2, -0.15) is 5.10 Å². The van der Waals surface area contributed by atoms with Crippen LogP contribution >= 0.6 is 0 Å². The van der Waals surface area contributed by atoms with Gasteiger partial charge in [0, 0.05) is 18.2 Å². The molecule has 3 nitrogen and oxygen atoms in total. The van der Waals surface area contributed by atoms with E-state index in [9.17, 15) is 0 Å².